The van der Waals surface area contributed by atoms with E-state index in [-0.39, 0.29) is 35.4 Å². The smallest absolute Gasteiger partial charge is 0.162 e. The Morgan fingerprint density at radius 2 is 2.00 bits per heavy atom. The largest absolute Gasteiger partial charge is 0.381 e. The minimum atomic E-state index is -1.37. The fraction of sp³-hybridized carbons (Fsp3) is 0.818. The third-order valence-electron chi connectivity index (χ3n) is 9.44. The summed E-state index contributed by atoms with van der Waals surface area (Å²) in [7, 11) is 0. The average molecular weight is 376 g/mol. The first-order chi connectivity index (χ1) is 12.5. The Morgan fingerprint density at radius 3 is 2.67 bits per heavy atom. The number of fused-ring (bicyclic) bond motifs is 3. The van der Waals surface area contributed by atoms with E-state index >= 15 is 4.39 Å². The SMILES string of the molecule is CC(=O)[C@@]1(O)[C@H](C)C[C@H]2[C@@H]3C[C@H](F)C4=CC(=O)CC[C@]4(C)[C@]34OC4C[C@@]21C. The number of epoxide rings is 1. The van der Waals surface area contributed by atoms with Gasteiger partial charge in [-0.25, -0.2) is 4.39 Å². The molecule has 5 aliphatic rings. The Kier molecular flexibility index (Phi) is 3.27. The van der Waals surface area contributed by atoms with Crippen molar-refractivity contribution in [3.05, 3.63) is 11.6 Å². The zero-order valence-corrected chi connectivity index (χ0v) is 16.5. The first-order valence-corrected chi connectivity index (χ1v) is 10.3. The fourth-order valence-corrected chi connectivity index (χ4v) is 8.09. The molecule has 5 heteroatoms. The predicted molar refractivity (Wildman–Crippen MR) is 96.7 cm³/mol. The molecule has 1 heterocycles. The van der Waals surface area contributed by atoms with Crippen molar-refractivity contribution in [2.45, 2.75) is 83.3 Å². The van der Waals surface area contributed by atoms with Gasteiger partial charge in [-0.15, -0.1) is 0 Å². The summed E-state index contributed by atoms with van der Waals surface area (Å²) in [5, 5.41) is 11.5. The Morgan fingerprint density at radius 1 is 1.30 bits per heavy atom. The molecule has 0 amide bonds. The number of rotatable bonds is 1. The van der Waals surface area contributed by atoms with Crippen LogP contribution in [-0.2, 0) is 14.3 Å². The van der Waals surface area contributed by atoms with Crippen molar-refractivity contribution in [1.82, 2.24) is 0 Å². The fourth-order valence-electron chi connectivity index (χ4n) is 8.09. The molecule has 4 fully saturated rings. The molecule has 1 N–H and O–H groups in total. The number of carbonyl (C=O) groups is 2. The van der Waals surface area contributed by atoms with E-state index in [1.54, 1.807) is 0 Å². The van der Waals surface area contributed by atoms with E-state index in [4.69, 9.17) is 4.74 Å². The monoisotopic (exact) mass is 376 g/mol. The Hall–Kier alpha value is -1.07. The lowest BCUT2D eigenvalue weighted by Crippen LogP contribution is -2.63. The molecule has 0 bridgehead atoms. The van der Waals surface area contributed by atoms with Crippen LogP contribution in [0.5, 0.6) is 0 Å². The van der Waals surface area contributed by atoms with Crippen LogP contribution in [-0.4, -0.2) is 40.2 Å². The summed E-state index contributed by atoms with van der Waals surface area (Å²) >= 11 is 0. The molecule has 27 heavy (non-hydrogen) atoms. The standard InChI is InChI=1S/C22H29FO4/c1-11-7-14-15-9-17(23)16-8-13(25)5-6-19(16,3)22(15)18(27-22)10-20(14,4)21(11,26)12(2)24/h8,11,14-15,17-18,26H,5-7,9-10H2,1-4H3/t11-,14+,15+,17+,18?,19+,20+,21+,22+/m1/s1. The molecule has 3 saturated carbocycles. The maximum Gasteiger partial charge on any atom is 0.162 e. The minimum absolute atomic E-state index is 0.0123. The van der Waals surface area contributed by atoms with E-state index < -0.39 is 28.2 Å². The number of halogens is 1. The van der Waals surface area contributed by atoms with E-state index in [1.165, 1.54) is 13.0 Å². The van der Waals surface area contributed by atoms with Crippen LogP contribution in [0.15, 0.2) is 11.6 Å². The Bertz CT molecular complexity index is 791. The van der Waals surface area contributed by atoms with E-state index in [0.29, 0.717) is 31.3 Å². The predicted octanol–water partition coefficient (Wildman–Crippen LogP) is 3.16. The zero-order valence-electron chi connectivity index (χ0n) is 16.5. The first-order valence-electron chi connectivity index (χ1n) is 10.3. The molecule has 5 rings (SSSR count). The van der Waals surface area contributed by atoms with Crippen LogP contribution in [0.1, 0.15) is 59.8 Å². The maximum atomic E-state index is 15.3. The molecule has 1 aliphatic heterocycles. The summed E-state index contributed by atoms with van der Waals surface area (Å²) in [4.78, 5) is 24.5. The van der Waals surface area contributed by atoms with Crippen molar-refractivity contribution >= 4 is 11.6 Å². The van der Waals surface area contributed by atoms with Gasteiger partial charge in [0.05, 0.1) is 6.10 Å². The molecule has 148 valence electrons. The summed E-state index contributed by atoms with van der Waals surface area (Å²) < 4.78 is 21.7. The lowest BCUT2D eigenvalue weighted by molar-refractivity contribution is -0.162. The normalized spacial score (nSPS) is 58.5. The molecule has 1 spiro atoms. The van der Waals surface area contributed by atoms with Gasteiger partial charge in [0.15, 0.2) is 11.6 Å². The molecule has 9 atom stereocenters. The molecule has 0 aromatic rings. The Labute approximate surface area is 159 Å². The number of ketones is 2. The number of hydrogen-bond donors (Lipinski definition) is 1. The molecule has 0 radical (unpaired) electrons. The molecule has 1 unspecified atom stereocenters. The van der Waals surface area contributed by atoms with Gasteiger partial charge in [-0.2, -0.15) is 0 Å². The van der Waals surface area contributed by atoms with E-state index in [0.717, 1.165) is 6.42 Å². The molecule has 0 aromatic carbocycles. The van der Waals surface area contributed by atoms with Crippen molar-refractivity contribution in [1.29, 1.82) is 0 Å². The lowest BCUT2D eigenvalue weighted by atomic mass is 9.45. The lowest BCUT2D eigenvalue weighted by Gasteiger charge is -2.57. The second-order valence-electron chi connectivity index (χ2n) is 10.3. The van der Waals surface area contributed by atoms with Crippen molar-refractivity contribution < 1.29 is 23.8 Å². The van der Waals surface area contributed by atoms with Gasteiger partial charge in [0.1, 0.15) is 17.4 Å². The number of ether oxygens (including phenoxy) is 1. The highest BCUT2D eigenvalue weighted by Crippen LogP contribution is 2.77. The Balaban J connectivity index is 1.63. The van der Waals surface area contributed by atoms with Crippen LogP contribution in [0, 0.1) is 28.6 Å². The zero-order chi connectivity index (χ0) is 19.6. The van der Waals surface area contributed by atoms with E-state index in [1.807, 2.05) is 13.8 Å². The van der Waals surface area contributed by atoms with Gasteiger partial charge in [-0.3, -0.25) is 9.59 Å². The maximum absolute atomic E-state index is 15.3. The highest BCUT2D eigenvalue weighted by atomic mass is 19.1. The number of aliphatic hydroxyl groups is 1. The van der Waals surface area contributed by atoms with Crippen LogP contribution in [0.3, 0.4) is 0 Å². The summed E-state index contributed by atoms with van der Waals surface area (Å²) in [6.45, 7) is 7.52. The van der Waals surface area contributed by atoms with Crippen LogP contribution in [0.4, 0.5) is 4.39 Å². The molecule has 1 saturated heterocycles. The molecular weight excluding hydrogens is 347 g/mol. The van der Waals surface area contributed by atoms with Gasteiger partial charge in [-0.05, 0) is 62.0 Å². The van der Waals surface area contributed by atoms with Gasteiger partial charge >= 0.3 is 0 Å². The van der Waals surface area contributed by atoms with Gasteiger partial charge in [0.25, 0.3) is 0 Å². The van der Waals surface area contributed by atoms with Crippen molar-refractivity contribution in [2.24, 2.45) is 28.6 Å². The average Bonchev–Trinajstić information content (AvgIpc) is 3.27. The van der Waals surface area contributed by atoms with Gasteiger partial charge in [-0.1, -0.05) is 20.8 Å². The quantitative estimate of drug-likeness (QED) is 0.714. The summed E-state index contributed by atoms with van der Waals surface area (Å²) in [5.74, 6) is -0.291. The summed E-state index contributed by atoms with van der Waals surface area (Å²) in [6, 6.07) is 0. The van der Waals surface area contributed by atoms with Crippen molar-refractivity contribution in [3.63, 3.8) is 0 Å². The topological polar surface area (TPSA) is 66.9 Å². The minimum Gasteiger partial charge on any atom is -0.381 e. The summed E-state index contributed by atoms with van der Waals surface area (Å²) in [6.07, 6.45) is 3.05. The van der Waals surface area contributed by atoms with E-state index in [2.05, 4.69) is 6.92 Å². The molecule has 4 nitrogen and oxygen atoms in total. The van der Waals surface area contributed by atoms with Crippen LogP contribution >= 0.6 is 0 Å². The van der Waals surface area contributed by atoms with Gasteiger partial charge in [0.2, 0.25) is 0 Å². The third-order valence-corrected chi connectivity index (χ3v) is 9.44. The third kappa shape index (κ3) is 1.73. The first kappa shape index (κ1) is 18.0. The summed E-state index contributed by atoms with van der Waals surface area (Å²) in [5.41, 5.74) is -2.24. The number of Topliss-reactive ketones (excluding diaryl/α,β-unsaturated/α-hetero) is 1. The number of alkyl halides is 1. The second kappa shape index (κ2) is 4.91. The van der Waals surface area contributed by atoms with Crippen molar-refractivity contribution in [2.75, 3.05) is 0 Å². The second-order valence-corrected chi connectivity index (χ2v) is 10.3. The number of hydrogen-bond acceptors (Lipinski definition) is 4. The molecular formula is C22H29FO4. The van der Waals surface area contributed by atoms with Crippen molar-refractivity contribution in [3.8, 4) is 0 Å². The number of carbonyl (C=O) groups excluding carboxylic acids is 2. The van der Waals surface area contributed by atoms with Crippen LogP contribution < -0.4 is 0 Å². The highest BCUT2D eigenvalue weighted by molar-refractivity contribution is 5.92. The van der Waals surface area contributed by atoms with Gasteiger partial charge in [0, 0.05) is 17.3 Å². The molecule has 0 aromatic heterocycles. The van der Waals surface area contributed by atoms with E-state index in [9.17, 15) is 14.7 Å². The highest BCUT2D eigenvalue weighted by Gasteiger charge is 2.82. The van der Waals surface area contributed by atoms with Crippen LogP contribution in [0.2, 0.25) is 0 Å². The molecule has 4 aliphatic carbocycles. The van der Waals surface area contributed by atoms with Gasteiger partial charge < -0.3 is 9.84 Å². The van der Waals surface area contributed by atoms with Crippen LogP contribution in [0.25, 0.3) is 0 Å².